The van der Waals surface area contributed by atoms with Crippen molar-refractivity contribution >= 4 is 12.8 Å². The van der Waals surface area contributed by atoms with Crippen molar-refractivity contribution in [3.8, 4) is 0 Å². The number of pyridine rings is 1. The van der Waals surface area contributed by atoms with Gasteiger partial charge >= 0.3 is 0 Å². The Kier molecular flexibility index (Phi) is 7.42. The molecule has 2 nitrogen and oxygen atoms in total. The van der Waals surface area contributed by atoms with Crippen molar-refractivity contribution in [3.05, 3.63) is 40.8 Å². The number of nitrogens with one attached hydrogen (secondary N) is 1. The minimum atomic E-state index is -0.0499. The van der Waals surface area contributed by atoms with Crippen molar-refractivity contribution in [1.82, 2.24) is 4.98 Å². The van der Waals surface area contributed by atoms with Crippen LogP contribution in [0.15, 0.2) is 29.7 Å². The molecule has 0 saturated carbocycles. The summed E-state index contributed by atoms with van der Waals surface area (Å²) in [4.78, 5) is 14.5. The number of hydrogen-bond donors (Lipinski definition) is 1. The van der Waals surface area contributed by atoms with Crippen LogP contribution in [0.1, 0.15) is 58.4 Å². The second-order valence-electron chi connectivity index (χ2n) is 5.51. The molecule has 1 radical (unpaired) electrons. The van der Waals surface area contributed by atoms with E-state index in [4.69, 9.17) is 0 Å². The van der Waals surface area contributed by atoms with E-state index in [1.54, 1.807) is 6.20 Å². The van der Waals surface area contributed by atoms with Crippen LogP contribution in [0.5, 0.6) is 0 Å². The number of aromatic nitrogens is 1. The lowest BCUT2D eigenvalue weighted by Gasteiger charge is -2.26. The van der Waals surface area contributed by atoms with E-state index in [2.05, 4.69) is 39.6 Å². The molecule has 0 aliphatic rings. The summed E-state index contributed by atoms with van der Waals surface area (Å²) in [6.45, 7) is 10.8. The fourth-order valence-corrected chi connectivity index (χ4v) is 2.92. The third-order valence-electron chi connectivity index (χ3n) is 3.98. The molecule has 1 atom stereocenters. The van der Waals surface area contributed by atoms with Crippen LogP contribution in [0.25, 0.3) is 5.47 Å². The molecule has 0 amide bonds. The molecule has 20 heavy (non-hydrogen) atoms. The van der Waals surface area contributed by atoms with Gasteiger partial charge in [-0.05, 0) is 18.1 Å². The van der Waals surface area contributed by atoms with Crippen molar-refractivity contribution in [2.24, 2.45) is 5.92 Å². The quantitative estimate of drug-likeness (QED) is 0.661. The van der Waals surface area contributed by atoms with E-state index >= 15 is 0 Å². The Morgan fingerprint density at radius 3 is 2.45 bits per heavy atom. The Hall–Kier alpha value is -1.25. The van der Waals surface area contributed by atoms with E-state index in [9.17, 15) is 4.79 Å². The second-order valence-corrected chi connectivity index (χ2v) is 5.51. The molecule has 3 heteroatoms. The maximum atomic E-state index is 11.8. The van der Waals surface area contributed by atoms with Gasteiger partial charge in [0.25, 0.3) is 5.56 Å². The molecule has 1 rings (SSSR count). The van der Waals surface area contributed by atoms with E-state index in [-0.39, 0.29) is 5.56 Å². The molecule has 0 aliphatic heterocycles. The summed E-state index contributed by atoms with van der Waals surface area (Å²) in [6, 6.07) is 3.70. The number of aromatic amines is 1. The highest BCUT2D eigenvalue weighted by molar-refractivity contribution is 6.62. The molecule has 1 aromatic heterocycles. The van der Waals surface area contributed by atoms with Crippen molar-refractivity contribution in [1.29, 1.82) is 0 Å². The van der Waals surface area contributed by atoms with Gasteiger partial charge in [-0.3, -0.25) is 4.79 Å². The topological polar surface area (TPSA) is 32.9 Å². The third kappa shape index (κ3) is 4.70. The summed E-state index contributed by atoms with van der Waals surface area (Å²) >= 11 is 0. The first-order chi connectivity index (χ1) is 9.63. The summed E-state index contributed by atoms with van der Waals surface area (Å²) in [5.74, 6) is 1.22. The second kappa shape index (κ2) is 8.83. The summed E-state index contributed by atoms with van der Waals surface area (Å²) < 4.78 is 0. The first-order valence-electron chi connectivity index (χ1n) is 7.85. The summed E-state index contributed by atoms with van der Waals surface area (Å²) in [5, 5.41) is 0. The fourth-order valence-electron chi connectivity index (χ4n) is 2.92. The van der Waals surface area contributed by atoms with Crippen LogP contribution >= 0.6 is 0 Å². The first kappa shape index (κ1) is 16.8. The van der Waals surface area contributed by atoms with Crippen molar-refractivity contribution in [3.63, 3.8) is 0 Å². The minimum absolute atomic E-state index is 0.0499. The Morgan fingerprint density at radius 2 is 1.95 bits per heavy atom. The molecular weight excluding hydrogens is 245 g/mol. The van der Waals surface area contributed by atoms with E-state index < -0.39 is 0 Å². The van der Waals surface area contributed by atoms with Crippen molar-refractivity contribution in [2.75, 3.05) is 0 Å². The lowest BCUT2D eigenvalue weighted by molar-refractivity contribution is 0.406. The minimum Gasteiger partial charge on any atom is -0.329 e. The molecule has 0 aliphatic carbocycles. The molecule has 0 saturated heterocycles. The van der Waals surface area contributed by atoms with Gasteiger partial charge in [-0.15, -0.1) is 6.58 Å². The lowest BCUT2D eigenvalue weighted by Crippen LogP contribution is -2.19. The average Bonchev–Trinajstić information content (AvgIpc) is 2.45. The van der Waals surface area contributed by atoms with Gasteiger partial charge in [0.15, 0.2) is 7.28 Å². The number of hydrogen-bond acceptors (Lipinski definition) is 1. The Morgan fingerprint density at radius 1 is 1.30 bits per heavy atom. The maximum Gasteiger partial charge on any atom is 0.254 e. The van der Waals surface area contributed by atoms with Gasteiger partial charge in [-0.2, -0.15) is 0 Å². The van der Waals surface area contributed by atoms with Crippen LogP contribution in [0, 0.1) is 5.92 Å². The van der Waals surface area contributed by atoms with Crippen molar-refractivity contribution in [2.45, 2.75) is 58.7 Å². The van der Waals surface area contributed by atoms with Gasteiger partial charge in [0.2, 0.25) is 0 Å². The molecular formula is C17H27BNO. The van der Waals surface area contributed by atoms with Crippen LogP contribution in [0.2, 0.25) is 5.82 Å². The zero-order valence-corrected chi connectivity index (χ0v) is 13.1. The Labute approximate surface area is 123 Å². The van der Waals surface area contributed by atoms with Crippen LogP contribution < -0.4 is 5.56 Å². The maximum absolute atomic E-state index is 11.8. The highest BCUT2D eigenvalue weighted by atomic mass is 16.1. The van der Waals surface area contributed by atoms with Crippen LogP contribution in [0.4, 0.5) is 0 Å². The predicted octanol–water partition coefficient (Wildman–Crippen LogP) is 4.46. The van der Waals surface area contributed by atoms with Gasteiger partial charge in [0.1, 0.15) is 0 Å². The molecule has 1 heterocycles. The average molecular weight is 272 g/mol. The largest absolute Gasteiger partial charge is 0.329 e. The third-order valence-corrected chi connectivity index (χ3v) is 3.98. The van der Waals surface area contributed by atoms with E-state index in [0.29, 0.717) is 17.3 Å². The standard InChI is InChI=1S/C17H27BNO/c1-5-9-14(10-6-2)16(7-3)18-13(4)15-11-8-12-19-17(15)20/h8,11-12,14,16H,4-7,9-10H2,1-3H3,(H,19,20). The molecule has 0 bridgehead atoms. The molecule has 1 N–H and O–H groups in total. The van der Waals surface area contributed by atoms with Gasteiger partial charge in [-0.1, -0.05) is 64.2 Å². The Balaban J connectivity index is 2.79. The number of rotatable bonds is 9. The lowest BCUT2D eigenvalue weighted by atomic mass is 9.51. The highest BCUT2D eigenvalue weighted by Crippen LogP contribution is 2.32. The van der Waals surface area contributed by atoms with Gasteiger partial charge in [0.05, 0.1) is 0 Å². The fraction of sp³-hybridized carbons (Fsp3) is 0.588. The summed E-state index contributed by atoms with van der Waals surface area (Å²) in [5.41, 5.74) is 1.50. The van der Waals surface area contributed by atoms with Crippen LogP contribution in [-0.4, -0.2) is 12.3 Å². The van der Waals surface area contributed by atoms with Crippen LogP contribution in [-0.2, 0) is 0 Å². The van der Waals surface area contributed by atoms with E-state index in [1.165, 1.54) is 25.7 Å². The van der Waals surface area contributed by atoms with Gasteiger partial charge in [0, 0.05) is 11.8 Å². The first-order valence-corrected chi connectivity index (χ1v) is 7.85. The predicted molar refractivity (Wildman–Crippen MR) is 89.2 cm³/mol. The van der Waals surface area contributed by atoms with Crippen LogP contribution in [0.3, 0.4) is 0 Å². The SMILES string of the molecule is C=C([B]C(CC)C(CCC)CCC)c1ccc[nH]c1=O. The number of H-pyrrole nitrogens is 1. The normalized spacial score (nSPS) is 12.4. The molecule has 1 unspecified atom stereocenters. The van der Waals surface area contributed by atoms with Crippen molar-refractivity contribution < 1.29 is 0 Å². The van der Waals surface area contributed by atoms with E-state index in [1.807, 2.05) is 12.1 Å². The monoisotopic (exact) mass is 272 g/mol. The Bertz CT molecular complexity index is 460. The van der Waals surface area contributed by atoms with E-state index in [0.717, 1.165) is 11.9 Å². The molecule has 0 spiro atoms. The molecule has 0 aromatic carbocycles. The molecule has 1 aromatic rings. The highest BCUT2D eigenvalue weighted by Gasteiger charge is 2.21. The van der Waals surface area contributed by atoms with Gasteiger partial charge < -0.3 is 4.98 Å². The molecule has 0 fully saturated rings. The molecule has 109 valence electrons. The van der Waals surface area contributed by atoms with Gasteiger partial charge in [-0.25, -0.2) is 0 Å². The zero-order valence-electron chi connectivity index (χ0n) is 13.1. The zero-order chi connectivity index (χ0) is 15.0. The summed E-state index contributed by atoms with van der Waals surface area (Å²) in [7, 11) is 2.21. The smallest absolute Gasteiger partial charge is 0.254 e. The summed E-state index contributed by atoms with van der Waals surface area (Å²) in [6.07, 6.45) is 7.70.